The minimum Gasteiger partial charge on any atom is -0.315 e. The first-order valence-corrected chi connectivity index (χ1v) is 5.32. The Hall–Kier alpha value is -1.29. The Balaban J connectivity index is 2.49. The molecule has 86 valence electrons. The summed E-state index contributed by atoms with van der Waals surface area (Å²) >= 11 is 0. The van der Waals surface area contributed by atoms with Gasteiger partial charge in [0.2, 0.25) is 0 Å². The first-order chi connectivity index (χ1) is 7.55. The molecule has 0 saturated heterocycles. The van der Waals surface area contributed by atoms with Gasteiger partial charge in [-0.1, -0.05) is 18.6 Å². The Morgan fingerprint density at radius 2 is 2.00 bits per heavy atom. The van der Waals surface area contributed by atoms with E-state index in [9.17, 15) is 13.6 Å². The van der Waals surface area contributed by atoms with Gasteiger partial charge in [-0.3, -0.25) is 4.79 Å². The molecule has 0 aromatic heterocycles. The molecule has 1 fully saturated rings. The molecule has 0 aliphatic heterocycles. The van der Waals surface area contributed by atoms with Gasteiger partial charge in [-0.2, -0.15) is 0 Å². The van der Waals surface area contributed by atoms with Crippen LogP contribution in [0.5, 0.6) is 0 Å². The second kappa shape index (κ2) is 3.94. The molecule has 16 heavy (non-hydrogen) atoms. The number of halogens is 2. The van der Waals surface area contributed by atoms with Gasteiger partial charge >= 0.3 is 0 Å². The predicted molar refractivity (Wildman–Crippen MR) is 55.7 cm³/mol. The number of hydrogen-bond donors (Lipinski definition) is 1. The average Bonchev–Trinajstić information content (AvgIpc) is 2.26. The lowest BCUT2D eigenvalue weighted by molar-refractivity contribution is -0.126. The topological polar surface area (TPSA) is 43.1 Å². The first kappa shape index (κ1) is 11.2. The number of carbonyl (C=O) groups is 1. The monoisotopic (exact) mass is 225 g/mol. The lowest BCUT2D eigenvalue weighted by Crippen LogP contribution is -2.47. The quantitative estimate of drug-likeness (QED) is 0.796. The van der Waals surface area contributed by atoms with Crippen molar-refractivity contribution in [1.82, 2.24) is 0 Å². The van der Waals surface area contributed by atoms with Gasteiger partial charge in [0.1, 0.15) is 5.54 Å². The summed E-state index contributed by atoms with van der Waals surface area (Å²) < 4.78 is 26.7. The van der Waals surface area contributed by atoms with Gasteiger partial charge < -0.3 is 5.73 Å². The average molecular weight is 225 g/mol. The number of ketones is 1. The molecule has 2 rings (SSSR count). The highest BCUT2D eigenvalue weighted by Gasteiger charge is 2.39. The van der Waals surface area contributed by atoms with E-state index in [1.54, 1.807) is 0 Å². The molecule has 1 aromatic carbocycles. The van der Waals surface area contributed by atoms with Gasteiger partial charge in [-0.15, -0.1) is 0 Å². The molecule has 0 bridgehead atoms. The Bertz CT molecular complexity index is 433. The van der Waals surface area contributed by atoms with Gasteiger partial charge in [-0.05, 0) is 18.9 Å². The molecule has 1 aromatic rings. The number of nitrogens with two attached hydrogens (primary N) is 1. The van der Waals surface area contributed by atoms with E-state index in [2.05, 4.69) is 0 Å². The summed E-state index contributed by atoms with van der Waals surface area (Å²) in [5, 5.41) is 0. The summed E-state index contributed by atoms with van der Waals surface area (Å²) in [6.07, 6.45) is 2.26. The zero-order chi connectivity index (χ0) is 11.8. The predicted octanol–water partition coefficient (Wildman–Crippen LogP) is 2.26. The van der Waals surface area contributed by atoms with Crippen LogP contribution >= 0.6 is 0 Å². The van der Waals surface area contributed by atoms with Crippen LogP contribution in [0.3, 0.4) is 0 Å². The molecular formula is C12H13F2NO. The first-order valence-electron chi connectivity index (χ1n) is 5.32. The van der Waals surface area contributed by atoms with E-state index < -0.39 is 17.2 Å². The summed E-state index contributed by atoms with van der Waals surface area (Å²) in [6.45, 7) is 0. The van der Waals surface area contributed by atoms with E-state index in [0.29, 0.717) is 12.8 Å². The molecule has 0 heterocycles. The van der Waals surface area contributed by atoms with Crippen molar-refractivity contribution in [3.8, 4) is 0 Å². The minimum atomic E-state index is -1.34. The van der Waals surface area contributed by atoms with Gasteiger partial charge in [0.25, 0.3) is 0 Å². The Morgan fingerprint density at radius 3 is 2.69 bits per heavy atom. The third kappa shape index (κ3) is 1.63. The highest BCUT2D eigenvalue weighted by Crippen LogP contribution is 2.33. The summed E-state index contributed by atoms with van der Waals surface area (Å²) in [5.41, 5.74) is 4.58. The van der Waals surface area contributed by atoms with Gasteiger partial charge in [0.05, 0.1) is 0 Å². The summed E-state index contributed by atoms with van der Waals surface area (Å²) in [4.78, 5) is 11.8. The lowest BCUT2D eigenvalue weighted by atomic mass is 9.76. The molecule has 1 unspecified atom stereocenters. The van der Waals surface area contributed by atoms with Crippen LogP contribution in [0.1, 0.15) is 31.2 Å². The van der Waals surface area contributed by atoms with Crippen molar-refractivity contribution in [3.05, 3.63) is 35.4 Å². The minimum absolute atomic E-state index is 0.0165. The fourth-order valence-electron chi connectivity index (χ4n) is 2.19. The Kier molecular flexibility index (Phi) is 2.76. The molecule has 1 saturated carbocycles. The largest absolute Gasteiger partial charge is 0.315 e. The molecule has 1 aliphatic rings. The van der Waals surface area contributed by atoms with E-state index in [1.165, 1.54) is 12.1 Å². The summed E-state index contributed by atoms with van der Waals surface area (Å²) in [5.74, 6) is -2.16. The van der Waals surface area contributed by atoms with Gasteiger partial charge in [0.15, 0.2) is 17.4 Å². The molecule has 0 amide bonds. The smallest absolute Gasteiger partial charge is 0.164 e. The number of benzene rings is 1. The van der Waals surface area contributed by atoms with Crippen LogP contribution in [-0.2, 0) is 10.3 Å². The van der Waals surface area contributed by atoms with E-state index in [4.69, 9.17) is 5.73 Å². The number of rotatable bonds is 1. The maximum atomic E-state index is 13.6. The van der Waals surface area contributed by atoms with Crippen LogP contribution < -0.4 is 5.73 Å². The number of Topliss-reactive ketones (excluding diaryl/α,β-unsaturated/α-hetero) is 1. The number of carbonyl (C=O) groups excluding carboxylic acids is 1. The molecule has 0 spiro atoms. The van der Waals surface area contributed by atoms with Crippen molar-refractivity contribution >= 4 is 5.78 Å². The second-order valence-electron chi connectivity index (χ2n) is 4.20. The van der Waals surface area contributed by atoms with Crippen molar-refractivity contribution in [3.63, 3.8) is 0 Å². The van der Waals surface area contributed by atoms with Crippen molar-refractivity contribution in [2.75, 3.05) is 0 Å². The third-order valence-electron chi connectivity index (χ3n) is 3.15. The summed E-state index contributed by atoms with van der Waals surface area (Å²) in [7, 11) is 0. The van der Waals surface area contributed by atoms with E-state index in [1.807, 2.05) is 0 Å². The highest BCUT2D eigenvalue weighted by molar-refractivity contribution is 5.90. The van der Waals surface area contributed by atoms with Crippen LogP contribution in [0.2, 0.25) is 0 Å². The number of hydrogen-bond acceptors (Lipinski definition) is 2. The molecule has 1 atom stereocenters. The van der Waals surface area contributed by atoms with Crippen LogP contribution in [0, 0.1) is 11.6 Å². The Labute approximate surface area is 92.4 Å². The van der Waals surface area contributed by atoms with Gasteiger partial charge in [-0.25, -0.2) is 8.78 Å². The third-order valence-corrected chi connectivity index (χ3v) is 3.15. The lowest BCUT2D eigenvalue weighted by Gasteiger charge is -2.32. The highest BCUT2D eigenvalue weighted by atomic mass is 19.2. The van der Waals surface area contributed by atoms with Crippen LogP contribution in [0.25, 0.3) is 0 Å². The van der Waals surface area contributed by atoms with Crippen LogP contribution in [0.4, 0.5) is 8.78 Å². The zero-order valence-electron chi connectivity index (χ0n) is 8.80. The fourth-order valence-corrected chi connectivity index (χ4v) is 2.19. The van der Waals surface area contributed by atoms with Crippen molar-refractivity contribution in [1.29, 1.82) is 0 Å². The van der Waals surface area contributed by atoms with E-state index >= 15 is 0 Å². The standard InChI is InChI=1S/C12H13F2NO/c13-9-5-3-4-8(11(9)14)12(15)7-2-1-6-10(12)16/h3-5H,1-2,6-7,15H2. The zero-order valence-corrected chi connectivity index (χ0v) is 8.80. The maximum absolute atomic E-state index is 13.6. The molecule has 2 N–H and O–H groups in total. The van der Waals surface area contributed by atoms with E-state index in [0.717, 1.165) is 18.9 Å². The molecule has 2 nitrogen and oxygen atoms in total. The molecule has 0 radical (unpaired) electrons. The van der Waals surface area contributed by atoms with Crippen molar-refractivity contribution in [2.45, 2.75) is 31.2 Å². The molecular weight excluding hydrogens is 212 g/mol. The second-order valence-corrected chi connectivity index (χ2v) is 4.20. The molecule has 4 heteroatoms. The fraction of sp³-hybridized carbons (Fsp3) is 0.417. The Morgan fingerprint density at radius 1 is 1.25 bits per heavy atom. The van der Waals surface area contributed by atoms with Crippen molar-refractivity contribution < 1.29 is 13.6 Å². The molecule has 1 aliphatic carbocycles. The van der Waals surface area contributed by atoms with Gasteiger partial charge in [0, 0.05) is 12.0 Å². The van der Waals surface area contributed by atoms with Crippen LogP contribution in [0.15, 0.2) is 18.2 Å². The maximum Gasteiger partial charge on any atom is 0.164 e. The van der Waals surface area contributed by atoms with Crippen LogP contribution in [-0.4, -0.2) is 5.78 Å². The van der Waals surface area contributed by atoms with Crippen molar-refractivity contribution in [2.24, 2.45) is 5.73 Å². The SMILES string of the molecule is NC1(c2cccc(F)c2F)CCCCC1=O. The normalized spacial score (nSPS) is 25.8. The van der Waals surface area contributed by atoms with E-state index in [-0.39, 0.29) is 11.3 Å². The summed E-state index contributed by atoms with van der Waals surface area (Å²) in [6, 6.07) is 3.79.